The zero-order valence-corrected chi connectivity index (χ0v) is 8.36. The fourth-order valence-corrected chi connectivity index (χ4v) is 1.78. The molecular formula is C9H8BrFN2. The van der Waals surface area contributed by atoms with Crippen molar-refractivity contribution in [3.8, 4) is 0 Å². The molecule has 13 heavy (non-hydrogen) atoms. The predicted octanol–water partition coefficient (Wildman–Crippen LogP) is 2.53. The molecule has 0 atom stereocenters. The minimum Gasteiger partial charge on any atom is -0.355 e. The lowest BCUT2D eigenvalue weighted by Crippen LogP contribution is -1.95. The van der Waals surface area contributed by atoms with E-state index < -0.39 is 0 Å². The number of fused-ring (bicyclic) bond motifs is 1. The quantitative estimate of drug-likeness (QED) is 0.793. The molecule has 2 aromatic rings. The molecule has 0 spiro atoms. The Labute approximate surface area is 83.1 Å². The van der Waals surface area contributed by atoms with Crippen LogP contribution in [0.5, 0.6) is 0 Å². The Morgan fingerprint density at radius 3 is 2.85 bits per heavy atom. The smallest absolute Gasteiger partial charge is 0.148 e. The lowest BCUT2D eigenvalue weighted by atomic mass is 10.2. The van der Waals surface area contributed by atoms with Gasteiger partial charge in [-0.15, -0.1) is 0 Å². The van der Waals surface area contributed by atoms with E-state index in [9.17, 15) is 4.39 Å². The van der Waals surface area contributed by atoms with Gasteiger partial charge in [-0.2, -0.15) is 0 Å². The zero-order valence-electron chi connectivity index (χ0n) is 6.77. The fourth-order valence-electron chi connectivity index (χ4n) is 1.33. The van der Waals surface area contributed by atoms with Crippen molar-refractivity contribution in [3.63, 3.8) is 0 Å². The van der Waals surface area contributed by atoms with Crippen molar-refractivity contribution in [2.45, 2.75) is 6.54 Å². The van der Waals surface area contributed by atoms with Crippen LogP contribution >= 0.6 is 15.9 Å². The average Bonchev–Trinajstić information content (AvgIpc) is 2.47. The van der Waals surface area contributed by atoms with Crippen molar-refractivity contribution < 1.29 is 4.39 Å². The van der Waals surface area contributed by atoms with Crippen molar-refractivity contribution in [1.29, 1.82) is 0 Å². The second-order valence-electron chi connectivity index (χ2n) is 2.85. The minimum atomic E-state index is -0.260. The molecule has 0 aliphatic rings. The van der Waals surface area contributed by atoms with Gasteiger partial charge in [-0.1, -0.05) is 15.9 Å². The number of halogens is 2. The van der Waals surface area contributed by atoms with Crippen LogP contribution in [0.4, 0.5) is 4.39 Å². The molecule has 0 saturated heterocycles. The Morgan fingerprint density at radius 1 is 1.38 bits per heavy atom. The molecule has 0 aliphatic heterocycles. The number of nitrogens with one attached hydrogen (secondary N) is 1. The maximum absolute atomic E-state index is 13.3. The summed E-state index contributed by atoms with van der Waals surface area (Å²) in [5, 5.41) is 0.840. The van der Waals surface area contributed by atoms with Gasteiger partial charge in [-0.3, -0.25) is 0 Å². The van der Waals surface area contributed by atoms with E-state index in [-0.39, 0.29) is 5.82 Å². The molecule has 0 amide bonds. The number of H-pyrrole nitrogens is 1. The molecule has 1 aromatic heterocycles. The summed E-state index contributed by atoms with van der Waals surface area (Å²) >= 11 is 3.23. The average molecular weight is 243 g/mol. The number of aromatic nitrogens is 1. The third-order valence-electron chi connectivity index (χ3n) is 1.92. The highest BCUT2D eigenvalue weighted by molar-refractivity contribution is 9.10. The van der Waals surface area contributed by atoms with Crippen LogP contribution in [0.1, 0.15) is 5.69 Å². The van der Waals surface area contributed by atoms with E-state index in [4.69, 9.17) is 5.73 Å². The second kappa shape index (κ2) is 3.12. The van der Waals surface area contributed by atoms with Gasteiger partial charge in [0, 0.05) is 22.1 Å². The van der Waals surface area contributed by atoms with Crippen LogP contribution in [-0.2, 0) is 6.54 Å². The maximum Gasteiger partial charge on any atom is 0.148 e. The van der Waals surface area contributed by atoms with E-state index in [1.54, 1.807) is 0 Å². The van der Waals surface area contributed by atoms with Crippen molar-refractivity contribution >= 4 is 26.8 Å². The Hall–Kier alpha value is -0.870. The Kier molecular flexibility index (Phi) is 2.09. The zero-order chi connectivity index (χ0) is 9.42. The van der Waals surface area contributed by atoms with Crippen LogP contribution in [0.2, 0.25) is 0 Å². The lowest BCUT2D eigenvalue weighted by molar-refractivity contribution is 0.636. The fraction of sp³-hybridized carbons (Fsp3) is 0.111. The molecule has 0 aliphatic carbocycles. The van der Waals surface area contributed by atoms with Crippen molar-refractivity contribution in [1.82, 2.24) is 4.98 Å². The molecule has 4 heteroatoms. The van der Waals surface area contributed by atoms with Gasteiger partial charge in [0.05, 0.1) is 5.52 Å². The molecule has 1 aromatic carbocycles. The third kappa shape index (κ3) is 1.47. The number of nitrogens with two attached hydrogens (primary N) is 1. The van der Waals surface area contributed by atoms with Gasteiger partial charge in [0.25, 0.3) is 0 Å². The van der Waals surface area contributed by atoms with Crippen LogP contribution in [0, 0.1) is 5.82 Å². The first-order valence-corrected chi connectivity index (χ1v) is 4.66. The first-order valence-electron chi connectivity index (χ1n) is 3.87. The predicted molar refractivity (Wildman–Crippen MR) is 53.8 cm³/mol. The van der Waals surface area contributed by atoms with E-state index in [1.165, 1.54) is 6.07 Å². The van der Waals surface area contributed by atoms with Crippen molar-refractivity contribution in [2.24, 2.45) is 5.73 Å². The van der Waals surface area contributed by atoms with Crippen LogP contribution < -0.4 is 5.73 Å². The van der Waals surface area contributed by atoms with Gasteiger partial charge in [0.2, 0.25) is 0 Å². The van der Waals surface area contributed by atoms with E-state index in [2.05, 4.69) is 20.9 Å². The number of aromatic amines is 1. The molecule has 0 bridgehead atoms. The van der Waals surface area contributed by atoms with Gasteiger partial charge in [-0.05, 0) is 18.2 Å². The summed E-state index contributed by atoms with van der Waals surface area (Å²) < 4.78 is 14.0. The van der Waals surface area contributed by atoms with Gasteiger partial charge in [0.1, 0.15) is 5.82 Å². The first-order chi connectivity index (χ1) is 6.20. The lowest BCUT2D eigenvalue weighted by Gasteiger charge is -1.93. The SMILES string of the molecule is NCc1cc2cc(Br)cc(F)c2[nH]1. The van der Waals surface area contributed by atoms with E-state index in [0.717, 1.165) is 15.6 Å². The summed E-state index contributed by atoms with van der Waals surface area (Å²) in [4.78, 5) is 2.92. The van der Waals surface area contributed by atoms with E-state index in [0.29, 0.717) is 12.1 Å². The molecule has 0 saturated carbocycles. The number of benzene rings is 1. The number of hydrogen-bond donors (Lipinski definition) is 2. The molecule has 68 valence electrons. The first kappa shape index (κ1) is 8.72. The molecular weight excluding hydrogens is 235 g/mol. The largest absolute Gasteiger partial charge is 0.355 e. The van der Waals surface area contributed by atoms with Gasteiger partial charge in [-0.25, -0.2) is 4.39 Å². The van der Waals surface area contributed by atoms with Crippen LogP contribution in [0.25, 0.3) is 10.9 Å². The molecule has 0 fully saturated rings. The Balaban J connectivity index is 2.75. The highest BCUT2D eigenvalue weighted by atomic mass is 79.9. The topological polar surface area (TPSA) is 41.8 Å². The molecule has 0 unspecified atom stereocenters. The van der Waals surface area contributed by atoms with Crippen molar-refractivity contribution in [3.05, 3.63) is 34.2 Å². The third-order valence-corrected chi connectivity index (χ3v) is 2.38. The maximum atomic E-state index is 13.3. The van der Waals surface area contributed by atoms with Crippen LogP contribution in [0.3, 0.4) is 0 Å². The van der Waals surface area contributed by atoms with E-state index >= 15 is 0 Å². The second-order valence-corrected chi connectivity index (χ2v) is 3.77. The molecule has 1 heterocycles. The Bertz CT molecular complexity index is 450. The highest BCUT2D eigenvalue weighted by Gasteiger charge is 2.05. The van der Waals surface area contributed by atoms with Gasteiger partial charge >= 0.3 is 0 Å². The minimum absolute atomic E-state index is 0.260. The van der Waals surface area contributed by atoms with Crippen molar-refractivity contribution in [2.75, 3.05) is 0 Å². The molecule has 3 N–H and O–H groups in total. The summed E-state index contributed by atoms with van der Waals surface area (Å²) in [5.74, 6) is -0.260. The Morgan fingerprint density at radius 2 is 2.15 bits per heavy atom. The van der Waals surface area contributed by atoms with E-state index in [1.807, 2.05) is 12.1 Å². The summed E-state index contributed by atoms with van der Waals surface area (Å²) in [6.45, 7) is 0.395. The molecule has 2 nitrogen and oxygen atoms in total. The number of rotatable bonds is 1. The normalized spacial score (nSPS) is 11.0. The van der Waals surface area contributed by atoms with Crippen LogP contribution in [-0.4, -0.2) is 4.98 Å². The standard InChI is InChI=1S/C9H8BrFN2/c10-6-1-5-2-7(4-12)13-9(5)8(11)3-6/h1-3,13H,4,12H2. The summed E-state index contributed by atoms with van der Waals surface area (Å²) in [6, 6.07) is 5.14. The van der Waals surface area contributed by atoms with Gasteiger partial charge in [0.15, 0.2) is 0 Å². The molecule has 0 radical (unpaired) electrons. The highest BCUT2D eigenvalue weighted by Crippen LogP contribution is 2.23. The molecule has 2 rings (SSSR count). The number of hydrogen-bond acceptors (Lipinski definition) is 1. The summed E-state index contributed by atoms with van der Waals surface area (Å²) in [6.07, 6.45) is 0. The summed E-state index contributed by atoms with van der Waals surface area (Å²) in [5.41, 5.74) is 6.79. The monoisotopic (exact) mass is 242 g/mol. The summed E-state index contributed by atoms with van der Waals surface area (Å²) in [7, 11) is 0. The van der Waals surface area contributed by atoms with Gasteiger partial charge < -0.3 is 10.7 Å². The van der Waals surface area contributed by atoms with Crippen LogP contribution in [0.15, 0.2) is 22.7 Å².